The predicted molar refractivity (Wildman–Crippen MR) is 58.3 cm³/mol. The zero-order chi connectivity index (χ0) is 11.1. The molecule has 3 nitrogen and oxygen atoms in total. The SMILES string of the molecule is O=S(=O)(CC1CO1)c1ccc(Cl)c(Cl)c1. The van der Waals surface area contributed by atoms with Crippen molar-refractivity contribution < 1.29 is 13.2 Å². The van der Waals surface area contributed by atoms with Gasteiger partial charge in [0.05, 0.1) is 33.4 Å². The zero-order valence-electron chi connectivity index (χ0n) is 7.61. The van der Waals surface area contributed by atoms with Crippen LogP contribution in [0.3, 0.4) is 0 Å². The van der Waals surface area contributed by atoms with Crippen LogP contribution in [0, 0.1) is 0 Å². The van der Waals surface area contributed by atoms with Gasteiger partial charge in [-0.1, -0.05) is 23.2 Å². The Morgan fingerprint density at radius 1 is 1.33 bits per heavy atom. The van der Waals surface area contributed by atoms with Crippen LogP contribution in [0.2, 0.25) is 10.0 Å². The third-order valence-electron chi connectivity index (χ3n) is 2.06. The third-order valence-corrected chi connectivity index (χ3v) is 4.58. The van der Waals surface area contributed by atoms with Gasteiger partial charge in [0.15, 0.2) is 9.84 Å². The molecular weight excluding hydrogens is 259 g/mol. The molecule has 0 bridgehead atoms. The molecule has 1 saturated heterocycles. The monoisotopic (exact) mass is 266 g/mol. The average Bonchev–Trinajstić information content (AvgIpc) is 2.92. The van der Waals surface area contributed by atoms with Gasteiger partial charge in [-0.15, -0.1) is 0 Å². The van der Waals surface area contributed by atoms with Crippen molar-refractivity contribution in [3.63, 3.8) is 0 Å². The van der Waals surface area contributed by atoms with Gasteiger partial charge in [-0.05, 0) is 18.2 Å². The van der Waals surface area contributed by atoms with E-state index in [1.165, 1.54) is 18.2 Å². The standard InChI is InChI=1S/C9H8Cl2O3S/c10-8-2-1-7(3-9(8)11)15(12,13)5-6-4-14-6/h1-3,6H,4-5H2. The molecule has 1 atom stereocenters. The molecule has 1 fully saturated rings. The Hall–Kier alpha value is -0.290. The molecule has 82 valence electrons. The molecule has 1 aliphatic rings. The van der Waals surface area contributed by atoms with Crippen LogP contribution in [-0.2, 0) is 14.6 Å². The van der Waals surface area contributed by atoms with E-state index in [-0.39, 0.29) is 21.8 Å². The van der Waals surface area contributed by atoms with E-state index in [2.05, 4.69) is 0 Å². The molecule has 1 aromatic rings. The molecule has 0 spiro atoms. The van der Waals surface area contributed by atoms with Gasteiger partial charge in [-0.25, -0.2) is 8.42 Å². The first-order valence-corrected chi connectivity index (χ1v) is 6.69. The molecule has 0 radical (unpaired) electrons. The maximum atomic E-state index is 11.8. The summed E-state index contributed by atoms with van der Waals surface area (Å²) < 4.78 is 28.4. The van der Waals surface area contributed by atoms with E-state index in [1.807, 2.05) is 0 Å². The minimum Gasteiger partial charge on any atom is -0.372 e. The summed E-state index contributed by atoms with van der Waals surface area (Å²) in [6.07, 6.45) is -0.163. The number of ether oxygens (including phenoxy) is 1. The molecule has 2 rings (SSSR count). The van der Waals surface area contributed by atoms with Gasteiger partial charge < -0.3 is 4.74 Å². The van der Waals surface area contributed by atoms with Gasteiger partial charge in [0.25, 0.3) is 0 Å². The molecule has 1 unspecified atom stereocenters. The number of hydrogen-bond acceptors (Lipinski definition) is 3. The zero-order valence-corrected chi connectivity index (χ0v) is 9.94. The smallest absolute Gasteiger partial charge is 0.181 e. The number of halogens is 2. The molecule has 0 aromatic heterocycles. The van der Waals surface area contributed by atoms with Crippen molar-refractivity contribution >= 4 is 33.0 Å². The fraction of sp³-hybridized carbons (Fsp3) is 0.333. The molecule has 0 amide bonds. The number of rotatable bonds is 3. The maximum absolute atomic E-state index is 11.8. The van der Waals surface area contributed by atoms with Crippen molar-refractivity contribution in [1.82, 2.24) is 0 Å². The van der Waals surface area contributed by atoms with Gasteiger partial charge in [0, 0.05) is 0 Å². The highest BCUT2D eigenvalue weighted by molar-refractivity contribution is 7.91. The highest BCUT2D eigenvalue weighted by Gasteiger charge is 2.30. The Balaban J connectivity index is 2.31. The molecule has 0 N–H and O–H groups in total. The van der Waals surface area contributed by atoms with Gasteiger partial charge in [-0.3, -0.25) is 0 Å². The lowest BCUT2D eigenvalue weighted by Crippen LogP contribution is -2.11. The summed E-state index contributed by atoms with van der Waals surface area (Å²) in [4.78, 5) is 0.187. The van der Waals surface area contributed by atoms with E-state index in [0.29, 0.717) is 11.6 Å². The average molecular weight is 267 g/mol. The highest BCUT2D eigenvalue weighted by atomic mass is 35.5. The van der Waals surface area contributed by atoms with Crippen LogP contribution >= 0.6 is 23.2 Å². The fourth-order valence-electron chi connectivity index (χ4n) is 1.18. The summed E-state index contributed by atoms with van der Waals surface area (Å²) in [5.41, 5.74) is 0. The molecule has 0 aliphatic carbocycles. The van der Waals surface area contributed by atoms with Gasteiger partial charge in [0.1, 0.15) is 0 Å². The van der Waals surface area contributed by atoms with E-state index >= 15 is 0 Å². The maximum Gasteiger partial charge on any atom is 0.181 e. The second kappa shape index (κ2) is 3.94. The first-order chi connectivity index (χ1) is 6.99. The molecule has 1 heterocycles. The minimum atomic E-state index is -3.30. The molecule has 0 saturated carbocycles. The lowest BCUT2D eigenvalue weighted by molar-refractivity contribution is 0.422. The van der Waals surface area contributed by atoms with E-state index in [1.54, 1.807) is 0 Å². The van der Waals surface area contributed by atoms with Gasteiger partial charge >= 0.3 is 0 Å². The minimum absolute atomic E-state index is 0.00492. The summed E-state index contributed by atoms with van der Waals surface area (Å²) in [6, 6.07) is 4.29. The third kappa shape index (κ3) is 2.64. The van der Waals surface area contributed by atoms with E-state index in [0.717, 1.165) is 0 Å². The first kappa shape index (κ1) is 11.2. The number of hydrogen-bond donors (Lipinski definition) is 0. The fourth-order valence-corrected chi connectivity index (χ4v) is 2.99. The Morgan fingerprint density at radius 2 is 2.00 bits per heavy atom. The van der Waals surface area contributed by atoms with Crippen LogP contribution < -0.4 is 0 Å². The van der Waals surface area contributed by atoms with Crippen LogP contribution in [0.4, 0.5) is 0 Å². The van der Waals surface area contributed by atoms with E-state index in [4.69, 9.17) is 27.9 Å². The quantitative estimate of drug-likeness (QED) is 0.788. The van der Waals surface area contributed by atoms with E-state index in [9.17, 15) is 8.42 Å². The lowest BCUT2D eigenvalue weighted by atomic mass is 10.4. The number of sulfone groups is 1. The van der Waals surface area contributed by atoms with Crippen molar-refractivity contribution in [1.29, 1.82) is 0 Å². The Morgan fingerprint density at radius 3 is 2.53 bits per heavy atom. The second-order valence-electron chi connectivity index (χ2n) is 3.31. The molecular formula is C9H8Cl2O3S. The number of epoxide rings is 1. The molecule has 1 aliphatic heterocycles. The van der Waals surface area contributed by atoms with Crippen LogP contribution in [0.15, 0.2) is 23.1 Å². The Labute approximate surface area is 97.9 Å². The number of benzene rings is 1. The van der Waals surface area contributed by atoms with E-state index < -0.39 is 9.84 Å². The van der Waals surface area contributed by atoms with Crippen molar-refractivity contribution in [3.8, 4) is 0 Å². The van der Waals surface area contributed by atoms with Crippen molar-refractivity contribution in [2.45, 2.75) is 11.0 Å². The topological polar surface area (TPSA) is 46.7 Å². The predicted octanol–water partition coefficient (Wildman–Crippen LogP) is 2.17. The van der Waals surface area contributed by atoms with Gasteiger partial charge in [0.2, 0.25) is 0 Å². The highest BCUT2D eigenvalue weighted by Crippen LogP contribution is 2.26. The van der Waals surface area contributed by atoms with Crippen molar-refractivity contribution in [2.75, 3.05) is 12.4 Å². The van der Waals surface area contributed by atoms with Crippen LogP contribution in [0.5, 0.6) is 0 Å². The van der Waals surface area contributed by atoms with Crippen LogP contribution in [0.1, 0.15) is 0 Å². The summed E-state index contributed by atoms with van der Waals surface area (Å²) in [6.45, 7) is 0.514. The van der Waals surface area contributed by atoms with Crippen molar-refractivity contribution in [2.24, 2.45) is 0 Å². The molecule has 1 aromatic carbocycles. The summed E-state index contributed by atoms with van der Waals surface area (Å²) >= 11 is 11.4. The molecule has 15 heavy (non-hydrogen) atoms. The Bertz CT molecular complexity index is 480. The normalized spacial score (nSPS) is 20.3. The van der Waals surface area contributed by atoms with Gasteiger partial charge in [-0.2, -0.15) is 0 Å². The Kier molecular flexibility index (Phi) is 2.94. The lowest BCUT2D eigenvalue weighted by Gasteiger charge is -2.03. The molecule has 6 heteroatoms. The largest absolute Gasteiger partial charge is 0.372 e. The summed E-state index contributed by atoms with van der Waals surface area (Å²) in [5, 5.41) is 0.591. The summed E-state index contributed by atoms with van der Waals surface area (Å²) in [7, 11) is -3.30. The second-order valence-corrected chi connectivity index (χ2v) is 6.16. The first-order valence-electron chi connectivity index (χ1n) is 4.28. The van der Waals surface area contributed by atoms with Crippen LogP contribution in [-0.4, -0.2) is 26.9 Å². The summed E-state index contributed by atoms with van der Waals surface area (Å²) in [5.74, 6) is 0.00492. The van der Waals surface area contributed by atoms with Crippen molar-refractivity contribution in [3.05, 3.63) is 28.2 Å². The van der Waals surface area contributed by atoms with Crippen LogP contribution in [0.25, 0.3) is 0 Å².